The van der Waals surface area contributed by atoms with Crippen molar-refractivity contribution in [3.8, 4) is 5.75 Å². The summed E-state index contributed by atoms with van der Waals surface area (Å²) in [5.41, 5.74) is 3.23. The Morgan fingerprint density at radius 2 is 1.85 bits per heavy atom. The lowest BCUT2D eigenvalue weighted by Crippen LogP contribution is -2.24. The number of aromatic nitrogens is 2. The van der Waals surface area contributed by atoms with Crippen molar-refractivity contribution < 1.29 is 9.53 Å². The SMILES string of the molecule is COc1ccccc1Nc1nccc(C(=O)NCc2ccccc2C)n1. The maximum Gasteiger partial charge on any atom is 0.270 e. The molecule has 3 aromatic rings. The molecular formula is C20H20N4O2. The summed E-state index contributed by atoms with van der Waals surface area (Å²) in [6, 6.07) is 17.0. The van der Waals surface area contributed by atoms with Gasteiger partial charge in [-0.2, -0.15) is 0 Å². The molecule has 0 aliphatic carbocycles. The van der Waals surface area contributed by atoms with Crippen LogP contribution in [0, 0.1) is 6.92 Å². The molecular weight excluding hydrogens is 328 g/mol. The van der Waals surface area contributed by atoms with Crippen LogP contribution in [0.1, 0.15) is 21.6 Å². The Bertz CT molecular complexity index is 912. The van der Waals surface area contributed by atoms with E-state index in [1.165, 1.54) is 0 Å². The lowest BCUT2D eigenvalue weighted by Gasteiger charge is -2.11. The fourth-order valence-corrected chi connectivity index (χ4v) is 2.49. The fraction of sp³-hybridized carbons (Fsp3) is 0.150. The Balaban J connectivity index is 1.70. The molecule has 2 aromatic carbocycles. The molecule has 0 aliphatic heterocycles. The third kappa shape index (κ3) is 4.16. The summed E-state index contributed by atoms with van der Waals surface area (Å²) in [5, 5.41) is 5.96. The zero-order valence-electron chi connectivity index (χ0n) is 14.7. The van der Waals surface area contributed by atoms with Gasteiger partial charge in [0.05, 0.1) is 12.8 Å². The number of para-hydroxylation sites is 2. The van der Waals surface area contributed by atoms with Gasteiger partial charge in [-0.15, -0.1) is 0 Å². The molecule has 3 rings (SSSR count). The second-order valence-corrected chi connectivity index (χ2v) is 5.70. The van der Waals surface area contributed by atoms with E-state index >= 15 is 0 Å². The van der Waals surface area contributed by atoms with Crippen LogP contribution in [0.25, 0.3) is 0 Å². The molecule has 0 unspecified atom stereocenters. The Kier molecular flexibility index (Phi) is 5.43. The predicted octanol–water partition coefficient (Wildman–Crippen LogP) is 3.47. The third-order valence-corrected chi connectivity index (χ3v) is 3.94. The van der Waals surface area contributed by atoms with Crippen molar-refractivity contribution in [3.05, 3.63) is 77.6 Å². The summed E-state index contributed by atoms with van der Waals surface area (Å²) in [6.07, 6.45) is 1.55. The first-order valence-corrected chi connectivity index (χ1v) is 8.23. The van der Waals surface area contributed by atoms with E-state index in [0.29, 0.717) is 23.9 Å². The zero-order valence-corrected chi connectivity index (χ0v) is 14.7. The molecule has 26 heavy (non-hydrogen) atoms. The second kappa shape index (κ2) is 8.11. The molecule has 1 aromatic heterocycles. The fourth-order valence-electron chi connectivity index (χ4n) is 2.49. The first-order chi connectivity index (χ1) is 12.7. The highest BCUT2D eigenvalue weighted by molar-refractivity contribution is 5.92. The number of ether oxygens (including phenoxy) is 1. The van der Waals surface area contributed by atoms with Gasteiger partial charge in [0, 0.05) is 12.7 Å². The van der Waals surface area contributed by atoms with Gasteiger partial charge in [-0.25, -0.2) is 9.97 Å². The minimum Gasteiger partial charge on any atom is -0.495 e. The Labute approximate surface area is 152 Å². The molecule has 0 radical (unpaired) electrons. The van der Waals surface area contributed by atoms with Gasteiger partial charge in [-0.3, -0.25) is 4.79 Å². The van der Waals surface area contributed by atoms with Gasteiger partial charge >= 0.3 is 0 Å². The maximum absolute atomic E-state index is 12.4. The van der Waals surface area contributed by atoms with E-state index in [9.17, 15) is 4.79 Å². The van der Waals surface area contributed by atoms with E-state index in [4.69, 9.17) is 4.74 Å². The number of carbonyl (C=O) groups excluding carboxylic acids is 1. The van der Waals surface area contributed by atoms with Gasteiger partial charge in [0.15, 0.2) is 0 Å². The van der Waals surface area contributed by atoms with E-state index in [2.05, 4.69) is 20.6 Å². The maximum atomic E-state index is 12.4. The highest BCUT2D eigenvalue weighted by atomic mass is 16.5. The largest absolute Gasteiger partial charge is 0.495 e. The van der Waals surface area contributed by atoms with Crippen LogP contribution >= 0.6 is 0 Å². The van der Waals surface area contributed by atoms with E-state index < -0.39 is 0 Å². The number of benzene rings is 2. The van der Waals surface area contributed by atoms with Crippen molar-refractivity contribution in [2.45, 2.75) is 13.5 Å². The molecule has 0 aliphatic rings. The van der Waals surface area contributed by atoms with Crippen LogP contribution in [-0.2, 0) is 6.54 Å². The first kappa shape index (κ1) is 17.4. The van der Waals surface area contributed by atoms with E-state index in [0.717, 1.165) is 16.8 Å². The van der Waals surface area contributed by atoms with Crippen molar-refractivity contribution in [1.29, 1.82) is 0 Å². The molecule has 132 valence electrons. The summed E-state index contributed by atoms with van der Waals surface area (Å²) in [5.74, 6) is 0.752. The summed E-state index contributed by atoms with van der Waals surface area (Å²) in [7, 11) is 1.59. The van der Waals surface area contributed by atoms with Crippen molar-refractivity contribution in [2.24, 2.45) is 0 Å². The number of methoxy groups -OCH3 is 1. The van der Waals surface area contributed by atoms with E-state index in [-0.39, 0.29) is 5.91 Å². The minimum absolute atomic E-state index is 0.251. The van der Waals surface area contributed by atoms with Gasteiger partial charge in [0.2, 0.25) is 5.95 Å². The summed E-state index contributed by atoms with van der Waals surface area (Å²) in [6.45, 7) is 2.46. The number of nitrogens with zero attached hydrogens (tertiary/aromatic N) is 2. The van der Waals surface area contributed by atoms with Crippen molar-refractivity contribution in [2.75, 3.05) is 12.4 Å². The number of amides is 1. The Morgan fingerprint density at radius 1 is 1.08 bits per heavy atom. The summed E-state index contributed by atoms with van der Waals surface area (Å²) < 4.78 is 5.30. The predicted molar refractivity (Wildman–Crippen MR) is 101 cm³/mol. The average molecular weight is 348 g/mol. The zero-order chi connectivity index (χ0) is 18.4. The molecule has 2 N–H and O–H groups in total. The minimum atomic E-state index is -0.251. The van der Waals surface area contributed by atoms with Crippen molar-refractivity contribution in [3.63, 3.8) is 0 Å². The van der Waals surface area contributed by atoms with Crippen LogP contribution < -0.4 is 15.4 Å². The van der Waals surface area contributed by atoms with Crippen LogP contribution in [-0.4, -0.2) is 23.0 Å². The second-order valence-electron chi connectivity index (χ2n) is 5.70. The molecule has 6 heteroatoms. The lowest BCUT2D eigenvalue weighted by atomic mass is 10.1. The number of rotatable bonds is 6. The van der Waals surface area contributed by atoms with E-state index in [1.807, 2.05) is 55.5 Å². The van der Waals surface area contributed by atoms with Crippen molar-refractivity contribution >= 4 is 17.5 Å². The number of aryl methyl sites for hydroxylation is 1. The van der Waals surface area contributed by atoms with Gasteiger partial charge in [0.25, 0.3) is 5.91 Å². The monoisotopic (exact) mass is 348 g/mol. The average Bonchev–Trinajstić information content (AvgIpc) is 2.68. The number of hydrogen-bond donors (Lipinski definition) is 2. The molecule has 0 saturated heterocycles. The molecule has 0 atom stereocenters. The number of anilines is 2. The molecule has 0 bridgehead atoms. The van der Waals surface area contributed by atoms with Gasteiger partial charge < -0.3 is 15.4 Å². The molecule has 0 fully saturated rings. The van der Waals surface area contributed by atoms with Gasteiger partial charge in [-0.05, 0) is 36.2 Å². The van der Waals surface area contributed by atoms with Crippen LogP contribution in [0.5, 0.6) is 5.75 Å². The van der Waals surface area contributed by atoms with Crippen LogP contribution in [0.3, 0.4) is 0 Å². The molecule has 1 heterocycles. The summed E-state index contributed by atoms with van der Waals surface area (Å²) in [4.78, 5) is 20.9. The smallest absolute Gasteiger partial charge is 0.270 e. The van der Waals surface area contributed by atoms with Crippen LogP contribution in [0.15, 0.2) is 60.8 Å². The Hall–Kier alpha value is -3.41. The molecule has 0 saturated carbocycles. The number of hydrogen-bond acceptors (Lipinski definition) is 5. The standard InChI is InChI=1S/C20H20N4O2/c1-14-7-3-4-8-15(14)13-22-19(25)17-11-12-21-20(24-17)23-16-9-5-6-10-18(16)26-2/h3-12H,13H2,1-2H3,(H,22,25)(H,21,23,24). The third-order valence-electron chi connectivity index (χ3n) is 3.94. The first-order valence-electron chi connectivity index (χ1n) is 8.23. The number of carbonyl (C=O) groups is 1. The highest BCUT2D eigenvalue weighted by Gasteiger charge is 2.10. The lowest BCUT2D eigenvalue weighted by molar-refractivity contribution is 0.0946. The van der Waals surface area contributed by atoms with Crippen LogP contribution in [0.4, 0.5) is 11.6 Å². The van der Waals surface area contributed by atoms with Crippen molar-refractivity contribution in [1.82, 2.24) is 15.3 Å². The quantitative estimate of drug-likeness (QED) is 0.713. The normalized spacial score (nSPS) is 10.2. The molecule has 6 nitrogen and oxygen atoms in total. The van der Waals surface area contributed by atoms with Gasteiger partial charge in [0.1, 0.15) is 11.4 Å². The summed E-state index contributed by atoms with van der Waals surface area (Å²) >= 11 is 0. The topological polar surface area (TPSA) is 76.1 Å². The Morgan fingerprint density at radius 3 is 2.65 bits per heavy atom. The van der Waals surface area contributed by atoms with Crippen LogP contribution in [0.2, 0.25) is 0 Å². The highest BCUT2D eigenvalue weighted by Crippen LogP contribution is 2.25. The van der Waals surface area contributed by atoms with E-state index in [1.54, 1.807) is 19.4 Å². The number of nitrogens with one attached hydrogen (secondary N) is 2. The van der Waals surface area contributed by atoms with Gasteiger partial charge in [-0.1, -0.05) is 36.4 Å². The molecule has 0 spiro atoms. The molecule has 1 amide bonds.